The molecule has 0 aliphatic heterocycles. The molecule has 1 aromatic heterocycles. The summed E-state index contributed by atoms with van der Waals surface area (Å²) in [4.78, 5) is 14.5. The summed E-state index contributed by atoms with van der Waals surface area (Å²) in [6.07, 6.45) is 0. The number of carboxylic acids is 1. The zero-order chi connectivity index (χ0) is 13.3. The van der Waals surface area contributed by atoms with Crippen molar-refractivity contribution < 1.29 is 14.3 Å². The predicted octanol–water partition coefficient (Wildman–Crippen LogP) is 3.89. The second kappa shape index (κ2) is 4.92. The third-order valence-corrected chi connectivity index (χ3v) is 2.64. The minimum atomic E-state index is -1.23. The lowest BCUT2D eigenvalue weighted by molar-refractivity contribution is 0.0690. The number of hydrogen-bond donors (Lipinski definition) is 1. The molecule has 0 atom stereocenters. The summed E-state index contributed by atoms with van der Waals surface area (Å²) in [7, 11) is 0. The number of carbonyl (C=O) groups is 1. The summed E-state index contributed by atoms with van der Waals surface area (Å²) in [5.74, 6) is -1.87. The van der Waals surface area contributed by atoms with E-state index in [1.54, 1.807) is 0 Å². The van der Waals surface area contributed by atoms with Gasteiger partial charge in [-0.05, 0) is 30.3 Å². The van der Waals surface area contributed by atoms with Crippen molar-refractivity contribution in [2.24, 2.45) is 0 Å². The number of rotatable bonds is 2. The van der Waals surface area contributed by atoms with Gasteiger partial charge in [0.25, 0.3) is 0 Å². The first-order chi connectivity index (χ1) is 8.47. The lowest BCUT2D eigenvalue weighted by Gasteiger charge is -2.05. The molecule has 3 nitrogen and oxygen atoms in total. The summed E-state index contributed by atoms with van der Waals surface area (Å²) in [6.45, 7) is 0. The van der Waals surface area contributed by atoms with Gasteiger partial charge < -0.3 is 5.11 Å². The largest absolute Gasteiger partial charge is 0.477 e. The Labute approximate surface area is 112 Å². The van der Waals surface area contributed by atoms with Gasteiger partial charge in [0.15, 0.2) is 0 Å². The van der Waals surface area contributed by atoms with Crippen LogP contribution in [-0.4, -0.2) is 16.1 Å². The number of hydrogen-bond acceptors (Lipinski definition) is 2. The molecule has 1 aromatic carbocycles. The first kappa shape index (κ1) is 12.8. The molecule has 0 fully saturated rings. The minimum Gasteiger partial charge on any atom is -0.477 e. The van der Waals surface area contributed by atoms with Crippen molar-refractivity contribution in [3.8, 4) is 11.3 Å². The van der Waals surface area contributed by atoms with Crippen LogP contribution in [-0.2, 0) is 0 Å². The lowest BCUT2D eigenvalue weighted by atomic mass is 10.1. The summed E-state index contributed by atoms with van der Waals surface area (Å²) in [5.41, 5.74) is -0.0186. The van der Waals surface area contributed by atoms with E-state index in [0.29, 0.717) is 15.6 Å². The third kappa shape index (κ3) is 2.60. The summed E-state index contributed by atoms with van der Waals surface area (Å²) >= 11 is 11.6. The minimum absolute atomic E-state index is 0.0979. The fraction of sp³-hybridized carbons (Fsp3) is 0. The fourth-order valence-corrected chi connectivity index (χ4v) is 1.98. The number of nitrogens with zero attached hydrogens (tertiary/aromatic N) is 1. The number of carboxylic acid groups (broad SMARTS) is 1. The van der Waals surface area contributed by atoms with Gasteiger partial charge in [0.1, 0.15) is 17.2 Å². The Morgan fingerprint density at radius 3 is 2.33 bits per heavy atom. The van der Waals surface area contributed by atoms with E-state index >= 15 is 0 Å². The normalized spacial score (nSPS) is 10.4. The number of pyridine rings is 1. The number of aromatic nitrogens is 1. The molecular formula is C12H6Cl2FNO2. The van der Waals surface area contributed by atoms with Gasteiger partial charge in [0.05, 0.1) is 0 Å². The average Bonchev–Trinajstić information content (AvgIpc) is 2.27. The van der Waals surface area contributed by atoms with Gasteiger partial charge in [0.2, 0.25) is 0 Å². The molecule has 0 amide bonds. The van der Waals surface area contributed by atoms with Crippen molar-refractivity contribution >= 4 is 29.2 Å². The molecule has 0 unspecified atom stereocenters. The SMILES string of the molecule is O=C(O)c1ccc(F)c(-c2cc(Cl)cc(Cl)c2)n1. The van der Waals surface area contributed by atoms with Crippen LogP contribution >= 0.6 is 23.2 Å². The first-order valence-electron chi connectivity index (χ1n) is 4.83. The fourth-order valence-electron chi connectivity index (χ4n) is 1.45. The average molecular weight is 286 g/mol. The standard InChI is InChI=1S/C12H6Cl2FNO2/c13-7-3-6(4-8(14)5-7)11-9(15)1-2-10(16-11)12(17)18/h1-5H,(H,17,18). The summed E-state index contributed by atoms with van der Waals surface area (Å²) in [5, 5.41) is 9.46. The topological polar surface area (TPSA) is 50.2 Å². The van der Waals surface area contributed by atoms with Gasteiger partial charge >= 0.3 is 5.97 Å². The molecule has 1 heterocycles. The maximum atomic E-state index is 13.6. The molecule has 92 valence electrons. The van der Waals surface area contributed by atoms with E-state index < -0.39 is 11.8 Å². The van der Waals surface area contributed by atoms with Crippen LogP contribution in [0.2, 0.25) is 10.0 Å². The maximum absolute atomic E-state index is 13.6. The van der Waals surface area contributed by atoms with Gasteiger partial charge in [-0.15, -0.1) is 0 Å². The highest BCUT2D eigenvalue weighted by atomic mass is 35.5. The monoisotopic (exact) mass is 285 g/mol. The van der Waals surface area contributed by atoms with E-state index in [-0.39, 0.29) is 11.4 Å². The molecular weight excluding hydrogens is 280 g/mol. The molecule has 0 saturated carbocycles. The van der Waals surface area contributed by atoms with Crippen molar-refractivity contribution in [1.82, 2.24) is 4.98 Å². The van der Waals surface area contributed by atoms with Crippen LogP contribution in [0.25, 0.3) is 11.3 Å². The van der Waals surface area contributed by atoms with E-state index in [4.69, 9.17) is 28.3 Å². The molecule has 0 aliphatic carbocycles. The quantitative estimate of drug-likeness (QED) is 0.911. The van der Waals surface area contributed by atoms with E-state index in [0.717, 1.165) is 12.1 Å². The van der Waals surface area contributed by atoms with Crippen molar-refractivity contribution in [3.05, 3.63) is 51.9 Å². The molecule has 18 heavy (non-hydrogen) atoms. The maximum Gasteiger partial charge on any atom is 0.354 e. The van der Waals surface area contributed by atoms with E-state index in [9.17, 15) is 9.18 Å². The Balaban J connectivity index is 2.62. The molecule has 1 N–H and O–H groups in total. The zero-order valence-corrected chi connectivity index (χ0v) is 10.3. The van der Waals surface area contributed by atoms with Gasteiger partial charge in [-0.3, -0.25) is 0 Å². The second-order valence-corrected chi connectivity index (χ2v) is 4.36. The Bertz CT molecular complexity index is 611. The highest BCUT2D eigenvalue weighted by Gasteiger charge is 2.13. The molecule has 0 bridgehead atoms. The molecule has 6 heteroatoms. The van der Waals surface area contributed by atoms with Gasteiger partial charge in [-0.2, -0.15) is 0 Å². The first-order valence-corrected chi connectivity index (χ1v) is 5.59. The Kier molecular flexibility index (Phi) is 3.50. The lowest BCUT2D eigenvalue weighted by Crippen LogP contribution is -2.02. The number of benzene rings is 1. The van der Waals surface area contributed by atoms with Crippen LogP contribution < -0.4 is 0 Å². The number of halogens is 3. The number of aromatic carboxylic acids is 1. The second-order valence-electron chi connectivity index (χ2n) is 3.49. The molecule has 0 spiro atoms. The molecule has 2 aromatic rings. The van der Waals surface area contributed by atoms with Gasteiger partial charge in [-0.25, -0.2) is 14.2 Å². The molecule has 0 saturated heterocycles. The van der Waals surface area contributed by atoms with Crippen LogP contribution in [0.15, 0.2) is 30.3 Å². The summed E-state index contributed by atoms with van der Waals surface area (Å²) < 4.78 is 13.6. The van der Waals surface area contributed by atoms with E-state index in [1.807, 2.05) is 0 Å². The van der Waals surface area contributed by atoms with E-state index in [1.165, 1.54) is 18.2 Å². The molecule has 0 aliphatic rings. The van der Waals surface area contributed by atoms with Crippen molar-refractivity contribution in [1.29, 1.82) is 0 Å². The van der Waals surface area contributed by atoms with Crippen LogP contribution in [0.4, 0.5) is 4.39 Å². The zero-order valence-electron chi connectivity index (χ0n) is 8.82. The van der Waals surface area contributed by atoms with Crippen molar-refractivity contribution in [3.63, 3.8) is 0 Å². The highest BCUT2D eigenvalue weighted by molar-refractivity contribution is 6.35. The van der Waals surface area contributed by atoms with Crippen molar-refractivity contribution in [2.75, 3.05) is 0 Å². The third-order valence-electron chi connectivity index (χ3n) is 2.20. The Morgan fingerprint density at radius 2 is 1.78 bits per heavy atom. The van der Waals surface area contributed by atoms with Crippen LogP contribution in [0.1, 0.15) is 10.5 Å². The van der Waals surface area contributed by atoms with E-state index in [2.05, 4.69) is 4.98 Å². The molecule has 2 rings (SSSR count). The van der Waals surface area contributed by atoms with Crippen LogP contribution in [0.5, 0.6) is 0 Å². The Hall–Kier alpha value is -1.65. The Morgan fingerprint density at radius 1 is 1.17 bits per heavy atom. The summed E-state index contributed by atoms with van der Waals surface area (Å²) in [6, 6.07) is 6.55. The highest BCUT2D eigenvalue weighted by Crippen LogP contribution is 2.27. The van der Waals surface area contributed by atoms with Gasteiger partial charge in [-0.1, -0.05) is 23.2 Å². The molecule has 0 radical (unpaired) electrons. The van der Waals surface area contributed by atoms with Crippen LogP contribution in [0, 0.1) is 5.82 Å². The smallest absolute Gasteiger partial charge is 0.354 e. The van der Waals surface area contributed by atoms with Crippen LogP contribution in [0.3, 0.4) is 0 Å². The predicted molar refractivity (Wildman–Crippen MR) is 66.6 cm³/mol. The van der Waals surface area contributed by atoms with Gasteiger partial charge in [0, 0.05) is 15.6 Å². The van der Waals surface area contributed by atoms with Crippen molar-refractivity contribution in [2.45, 2.75) is 0 Å².